The van der Waals surface area contributed by atoms with E-state index in [-0.39, 0.29) is 23.5 Å². The molecule has 0 bridgehead atoms. The van der Waals surface area contributed by atoms with Crippen molar-refractivity contribution in [3.63, 3.8) is 0 Å². The van der Waals surface area contributed by atoms with Gasteiger partial charge in [-0.05, 0) is 68.7 Å². The summed E-state index contributed by atoms with van der Waals surface area (Å²) in [6, 6.07) is 11.8. The third kappa shape index (κ3) is 3.49. The van der Waals surface area contributed by atoms with Gasteiger partial charge in [0, 0.05) is 0 Å². The highest BCUT2D eigenvalue weighted by atomic mass is 19.1. The molecule has 3 aromatic rings. The van der Waals surface area contributed by atoms with Crippen molar-refractivity contribution in [2.24, 2.45) is 0 Å². The fourth-order valence-corrected chi connectivity index (χ4v) is 2.74. The molecular formula is C20H21FN4O. The van der Waals surface area contributed by atoms with E-state index in [1.165, 1.54) is 17.7 Å². The zero-order valence-electron chi connectivity index (χ0n) is 15.2. The van der Waals surface area contributed by atoms with Crippen molar-refractivity contribution in [2.75, 3.05) is 0 Å². The maximum atomic E-state index is 13.0. The van der Waals surface area contributed by atoms with E-state index in [9.17, 15) is 9.18 Å². The van der Waals surface area contributed by atoms with Crippen LogP contribution in [0.3, 0.4) is 0 Å². The van der Waals surface area contributed by atoms with Gasteiger partial charge in [-0.25, -0.2) is 9.07 Å². The van der Waals surface area contributed by atoms with Crippen LogP contribution in [0.25, 0.3) is 5.69 Å². The molecule has 26 heavy (non-hydrogen) atoms. The Labute approximate surface area is 151 Å². The van der Waals surface area contributed by atoms with Gasteiger partial charge >= 0.3 is 0 Å². The number of nitrogens with one attached hydrogen (secondary N) is 1. The van der Waals surface area contributed by atoms with Crippen LogP contribution in [-0.4, -0.2) is 20.9 Å². The third-order valence-electron chi connectivity index (χ3n) is 4.56. The summed E-state index contributed by atoms with van der Waals surface area (Å²) in [6.07, 6.45) is 0. The van der Waals surface area contributed by atoms with E-state index in [1.807, 2.05) is 45.9 Å². The van der Waals surface area contributed by atoms with Crippen LogP contribution in [0.4, 0.5) is 4.39 Å². The summed E-state index contributed by atoms with van der Waals surface area (Å²) in [6.45, 7) is 7.73. The molecule has 0 aliphatic heterocycles. The Morgan fingerprint density at radius 2 is 1.77 bits per heavy atom. The molecule has 1 heterocycles. The van der Waals surface area contributed by atoms with Gasteiger partial charge in [0.2, 0.25) is 0 Å². The number of hydrogen-bond donors (Lipinski definition) is 1. The fraction of sp³-hybridized carbons (Fsp3) is 0.250. The van der Waals surface area contributed by atoms with Gasteiger partial charge in [0.15, 0.2) is 5.69 Å². The van der Waals surface area contributed by atoms with Crippen LogP contribution in [0, 0.1) is 26.6 Å². The van der Waals surface area contributed by atoms with Crippen LogP contribution >= 0.6 is 0 Å². The highest BCUT2D eigenvalue weighted by Crippen LogP contribution is 2.18. The van der Waals surface area contributed by atoms with Gasteiger partial charge in [-0.1, -0.05) is 23.4 Å². The van der Waals surface area contributed by atoms with Gasteiger partial charge < -0.3 is 5.32 Å². The molecule has 1 unspecified atom stereocenters. The van der Waals surface area contributed by atoms with E-state index in [1.54, 1.807) is 16.8 Å². The maximum Gasteiger partial charge on any atom is 0.274 e. The van der Waals surface area contributed by atoms with Crippen molar-refractivity contribution in [1.82, 2.24) is 20.3 Å². The first-order valence-electron chi connectivity index (χ1n) is 8.43. The molecule has 0 aliphatic carbocycles. The van der Waals surface area contributed by atoms with E-state index in [0.29, 0.717) is 5.69 Å². The highest BCUT2D eigenvalue weighted by Gasteiger charge is 2.19. The van der Waals surface area contributed by atoms with Gasteiger partial charge in [0.25, 0.3) is 5.91 Å². The molecule has 0 fully saturated rings. The molecule has 0 spiro atoms. The number of aromatic nitrogens is 3. The van der Waals surface area contributed by atoms with E-state index in [0.717, 1.165) is 16.8 Å². The average molecular weight is 352 g/mol. The second-order valence-corrected chi connectivity index (χ2v) is 6.45. The number of rotatable bonds is 4. The zero-order chi connectivity index (χ0) is 18.8. The predicted octanol–water partition coefficient (Wildman–Crippen LogP) is 3.82. The molecule has 0 saturated carbocycles. The molecule has 0 radical (unpaired) electrons. The number of halogens is 1. The molecular weight excluding hydrogens is 331 g/mol. The van der Waals surface area contributed by atoms with E-state index < -0.39 is 0 Å². The Balaban J connectivity index is 1.81. The fourth-order valence-electron chi connectivity index (χ4n) is 2.74. The summed E-state index contributed by atoms with van der Waals surface area (Å²) in [4.78, 5) is 12.6. The van der Waals surface area contributed by atoms with Gasteiger partial charge in [0.1, 0.15) is 5.82 Å². The number of carbonyl (C=O) groups is 1. The topological polar surface area (TPSA) is 59.8 Å². The zero-order valence-corrected chi connectivity index (χ0v) is 15.2. The van der Waals surface area contributed by atoms with Crippen molar-refractivity contribution in [2.45, 2.75) is 33.7 Å². The summed E-state index contributed by atoms with van der Waals surface area (Å²) < 4.78 is 14.7. The van der Waals surface area contributed by atoms with Crippen molar-refractivity contribution >= 4 is 5.91 Å². The third-order valence-corrected chi connectivity index (χ3v) is 4.56. The summed E-state index contributed by atoms with van der Waals surface area (Å²) in [7, 11) is 0. The van der Waals surface area contributed by atoms with Crippen LogP contribution < -0.4 is 5.32 Å². The van der Waals surface area contributed by atoms with E-state index >= 15 is 0 Å². The maximum absolute atomic E-state index is 13.0. The van der Waals surface area contributed by atoms with Crippen molar-refractivity contribution < 1.29 is 9.18 Å². The molecule has 1 atom stereocenters. The van der Waals surface area contributed by atoms with Crippen molar-refractivity contribution in [3.8, 4) is 5.69 Å². The molecule has 1 amide bonds. The number of amides is 1. The molecule has 2 aromatic carbocycles. The summed E-state index contributed by atoms with van der Waals surface area (Å²) >= 11 is 0. The Bertz CT molecular complexity index is 947. The second kappa shape index (κ2) is 7.07. The first-order valence-corrected chi connectivity index (χ1v) is 8.43. The Kier molecular flexibility index (Phi) is 4.84. The lowest BCUT2D eigenvalue weighted by Crippen LogP contribution is -2.27. The van der Waals surface area contributed by atoms with E-state index in [4.69, 9.17) is 0 Å². The Hall–Kier alpha value is -3.02. The quantitative estimate of drug-likeness (QED) is 0.776. The van der Waals surface area contributed by atoms with Crippen LogP contribution in [-0.2, 0) is 0 Å². The second-order valence-electron chi connectivity index (χ2n) is 6.45. The lowest BCUT2D eigenvalue weighted by atomic mass is 10.1. The lowest BCUT2D eigenvalue weighted by molar-refractivity contribution is 0.0934. The Morgan fingerprint density at radius 1 is 1.08 bits per heavy atom. The Morgan fingerprint density at radius 3 is 2.42 bits per heavy atom. The smallest absolute Gasteiger partial charge is 0.274 e. The largest absolute Gasteiger partial charge is 0.344 e. The van der Waals surface area contributed by atoms with Crippen molar-refractivity contribution in [3.05, 3.63) is 76.4 Å². The number of nitrogens with zero attached hydrogens (tertiary/aromatic N) is 3. The number of benzene rings is 2. The van der Waals surface area contributed by atoms with Gasteiger partial charge in [-0.2, -0.15) is 0 Å². The van der Waals surface area contributed by atoms with Crippen LogP contribution in [0.1, 0.15) is 45.8 Å². The first kappa shape index (κ1) is 17.8. The minimum absolute atomic E-state index is 0.269. The molecule has 1 aromatic heterocycles. The molecule has 6 heteroatoms. The summed E-state index contributed by atoms with van der Waals surface area (Å²) in [5.41, 5.74) is 4.96. The average Bonchev–Trinajstić information content (AvgIpc) is 2.99. The van der Waals surface area contributed by atoms with Crippen LogP contribution in [0.2, 0.25) is 0 Å². The number of hydrogen-bond acceptors (Lipinski definition) is 3. The molecule has 0 saturated heterocycles. The van der Waals surface area contributed by atoms with Gasteiger partial charge in [-0.3, -0.25) is 4.79 Å². The molecule has 1 N–H and O–H groups in total. The normalized spacial score (nSPS) is 12.0. The minimum Gasteiger partial charge on any atom is -0.344 e. The molecule has 3 rings (SSSR count). The number of aryl methyl sites for hydroxylation is 2. The lowest BCUT2D eigenvalue weighted by Gasteiger charge is -2.13. The number of carbonyl (C=O) groups excluding carboxylic acids is 1. The molecule has 134 valence electrons. The molecule has 0 aliphatic rings. The van der Waals surface area contributed by atoms with Crippen molar-refractivity contribution in [1.29, 1.82) is 0 Å². The predicted molar refractivity (Wildman–Crippen MR) is 97.9 cm³/mol. The van der Waals surface area contributed by atoms with Crippen LogP contribution in [0.15, 0.2) is 42.5 Å². The van der Waals surface area contributed by atoms with Crippen LogP contribution in [0.5, 0.6) is 0 Å². The SMILES string of the molecule is Cc1ccc(-n2nnc(C(=O)NC(C)c3ccc(F)cc3)c2C)cc1C. The van der Waals surface area contributed by atoms with E-state index in [2.05, 4.69) is 15.6 Å². The summed E-state index contributed by atoms with van der Waals surface area (Å²) in [5.74, 6) is -0.617. The van der Waals surface area contributed by atoms with Gasteiger partial charge in [-0.15, -0.1) is 5.10 Å². The van der Waals surface area contributed by atoms with Gasteiger partial charge in [0.05, 0.1) is 17.4 Å². The monoisotopic (exact) mass is 352 g/mol. The minimum atomic E-state index is -0.311. The summed E-state index contributed by atoms with van der Waals surface area (Å²) in [5, 5.41) is 11.1. The molecule has 5 nitrogen and oxygen atoms in total. The first-order chi connectivity index (χ1) is 12.4. The standard InChI is InChI=1S/C20H21FN4O/c1-12-5-10-18(11-13(12)2)25-15(4)19(23-24-25)20(26)22-14(3)16-6-8-17(21)9-7-16/h5-11,14H,1-4H3,(H,22,26). The highest BCUT2D eigenvalue weighted by molar-refractivity contribution is 5.93.